The van der Waals surface area contributed by atoms with Crippen molar-refractivity contribution in [2.75, 3.05) is 24.5 Å². The van der Waals surface area contributed by atoms with Crippen LogP contribution in [0.2, 0.25) is 0 Å². The normalized spacial score (nSPS) is 16.9. The number of halogens is 1. The maximum absolute atomic E-state index is 15.1. The molecule has 204 valence electrons. The van der Waals surface area contributed by atoms with Crippen LogP contribution in [0.1, 0.15) is 79.1 Å². The maximum atomic E-state index is 15.1. The predicted molar refractivity (Wildman–Crippen MR) is 155 cm³/mol. The van der Waals surface area contributed by atoms with Crippen LogP contribution in [-0.2, 0) is 4.74 Å². The molecule has 1 aromatic carbocycles. The third-order valence-corrected chi connectivity index (χ3v) is 6.20. The van der Waals surface area contributed by atoms with E-state index in [1.165, 1.54) is 12.8 Å². The van der Waals surface area contributed by atoms with E-state index in [-0.39, 0.29) is 11.7 Å². The standard InChI is InChI=1S/C24H32BFN2O3.C4H8.C2H6/c1-7-25-19-11-16(3)30-22(19)18-12-20(26)21(10-15(18)2)28-9-8-17(14-28)13-27-23(29)31-24(4,5)6;1-4-2-3-4;1-2/h7,10-12,17H,8-9,13-14H2,1-6H3,(H,27,29);4H,2-3H2,1H3;1-2H3. The molecule has 2 aliphatic rings. The summed E-state index contributed by atoms with van der Waals surface area (Å²) in [4.78, 5) is 13.9. The van der Waals surface area contributed by atoms with Crippen LogP contribution < -0.4 is 15.7 Å². The monoisotopic (exact) mass is 512 g/mol. The van der Waals surface area contributed by atoms with Crippen LogP contribution >= 0.6 is 0 Å². The molecule has 5 nitrogen and oxygen atoms in total. The van der Waals surface area contributed by atoms with Crippen molar-refractivity contribution >= 4 is 30.1 Å². The Kier molecular flexibility index (Phi) is 11.5. The molecule has 1 aliphatic heterocycles. The number of aryl methyl sites for hydroxylation is 2. The molecule has 2 fully saturated rings. The van der Waals surface area contributed by atoms with Crippen LogP contribution in [0.15, 0.2) is 22.6 Å². The molecule has 2 heterocycles. The minimum atomic E-state index is -0.520. The summed E-state index contributed by atoms with van der Waals surface area (Å²) in [5.41, 5.74) is 2.76. The summed E-state index contributed by atoms with van der Waals surface area (Å²) in [7, 11) is 0. The third kappa shape index (κ3) is 9.68. The van der Waals surface area contributed by atoms with Crippen molar-refractivity contribution in [1.29, 1.82) is 0 Å². The summed E-state index contributed by atoms with van der Waals surface area (Å²) < 4.78 is 26.3. The molecule has 1 N–H and O–H groups in total. The Morgan fingerprint density at radius 3 is 2.43 bits per heavy atom. The molecule has 1 saturated carbocycles. The zero-order valence-corrected chi connectivity index (χ0v) is 24.3. The van der Waals surface area contributed by atoms with Gasteiger partial charge in [-0.25, -0.2) is 4.79 Å². The number of alkyl carbamates (subject to hydrolysis) is 1. The van der Waals surface area contributed by atoms with Gasteiger partial charge >= 0.3 is 149 Å². The van der Waals surface area contributed by atoms with Gasteiger partial charge in [-0.1, -0.05) is 33.6 Å². The number of amides is 1. The molecule has 0 radical (unpaired) electrons. The Hall–Kier alpha value is -2.57. The van der Waals surface area contributed by atoms with Gasteiger partial charge in [0, 0.05) is 0 Å². The summed E-state index contributed by atoms with van der Waals surface area (Å²) in [5.74, 6) is 4.51. The van der Waals surface area contributed by atoms with Gasteiger partial charge in [-0.05, 0) is 26.7 Å². The van der Waals surface area contributed by atoms with Crippen molar-refractivity contribution in [3.63, 3.8) is 0 Å². The number of rotatable bonds is 5. The quantitative estimate of drug-likeness (QED) is 0.456. The van der Waals surface area contributed by atoms with Crippen LogP contribution in [-0.4, -0.2) is 44.2 Å². The average Bonchev–Trinajstić information content (AvgIpc) is 3.31. The number of ether oxygens (including phenoxy) is 1. The Balaban J connectivity index is 0.000000716. The van der Waals surface area contributed by atoms with Crippen molar-refractivity contribution in [2.45, 2.75) is 87.2 Å². The molecule has 2 aromatic rings. The summed E-state index contributed by atoms with van der Waals surface area (Å²) >= 11 is 0. The Bertz CT molecular complexity index is 1050. The van der Waals surface area contributed by atoms with Gasteiger partial charge in [0.15, 0.2) is 0 Å². The molecule has 1 amide bonds. The molecular formula is C30H46BFN2O3. The average molecular weight is 513 g/mol. The van der Waals surface area contributed by atoms with E-state index in [9.17, 15) is 4.79 Å². The summed E-state index contributed by atoms with van der Waals surface area (Å²) in [6, 6.07) is 5.43. The van der Waals surface area contributed by atoms with E-state index in [4.69, 9.17) is 9.15 Å². The second kappa shape index (κ2) is 13.8. The first-order valence-corrected chi connectivity index (χ1v) is 13.7. The van der Waals surface area contributed by atoms with Crippen LogP contribution in [0, 0.1) is 31.5 Å². The fourth-order valence-electron chi connectivity index (χ4n) is 4.13. The van der Waals surface area contributed by atoms with E-state index in [1.54, 1.807) is 6.07 Å². The second-order valence-electron chi connectivity index (χ2n) is 10.9. The molecule has 1 aromatic heterocycles. The first-order valence-electron chi connectivity index (χ1n) is 13.7. The number of furan rings is 1. The van der Waals surface area contributed by atoms with Crippen LogP contribution in [0.3, 0.4) is 0 Å². The van der Waals surface area contributed by atoms with Gasteiger partial charge in [-0.2, -0.15) is 0 Å². The molecule has 7 heteroatoms. The van der Waals surface area contributed by atoms with Gasteiger partial charge in [-0.15, -0.1) is 0 Å². The molecule has 0 bridgehead atoms. The van der Waals surface area contributed by atoms with Gasteiger partial charge in [0.05, 0.1) is 0 Å². The second-order valence-corrected chi connectivity index (χ2v) is 10.9. The van der Waals surface area contributed by atoms with E-state index in [2.05, 4.69) is 12.2 Å². The van der Waals surface area contributed by atoms with Crippen molar-refractivity contribution in [1.82, 2.24) is 5.32 Å². The van der Waals surface area contributed by atoms with E-state index >= 15 is 4.39 Å². The summed E-state index contributed by atoms with van der Waals surface area (Å²) in [5, 5.41) is 2.83. The van der Waals surface area contributed by atoms with Gasteiger partial charge < -0.3 is 4.74 Å². The van der Waals surface area contributed by atoms with E-state index in [1.807, 2.05) is 85.3 Å². The third-order valence-electron chi connectivity index (χ3n) is 6.20. The molecule has 0 spiro atoms. The van der Waals surface area contributed by atoms with E-state index in [0.717, 1.165) is 41.2 Å². The van der Waals surface area contributed by atoms with Crippen LogP contribution in [0.5, 0.6) is 0 Å². The van der Waals surface area contributed by atoms with Gasteiger partial charge in [0.1, 0.15) is 5.60 Å². The van der Waals surface area contributed by atoms with Gasteiger partial charge in [0.2, 0.25) is 0 Å². The number of hydrogen-bond acceptors (Lipinski definition) is 4. The van der Waals surface area contributed by atoms with Crippen molar-refractivity contribution < 1.29 is 18.3 Å². The number of nitrogens with one attached hydrogen (secondary N) is 1. The molecule has 1 aliphatic carbocycles. The molecule has 37 heavy (non-hydrogen) atoms. The van der Waals surface area contributed by atoms with E-state index in [0.29, 0.717) is 24.5 Å². The zero-order chi connectivity index (χ0) is 27.8. The fourth-order valence-corrected chi connectivity index (χ4v) is 4.13. The summed E-state index contributed by atoms with van der Waals surface area (Å²) in [6.07, 6.45) is 3.45. The Labute approximate surface area is 224 Å². The van der Waals surface area contributed by atoms with Crippen molar-refractivity contribution in [3.8, 4) is 11.3 Å². The molecule has 1 saturated heterocycles. The first-order chi connectivity index (χ1) is 17.5. The van der Waals surface area contributed by atoms with Crippen molar-refractivity contribution in [2.24, 2.45) is 11.8 Å². The summed E-state index contributed by atoms with van der Waals surface area (Å²) in [6.45, 7) is 21.5. The van der Waals surface area contributed by atoms with Gasteiger partial charge in [-0.3, -0.25) is 0 Å². The first kappa shape index (κ1) is 30.7. The van der Waals surface area contributed by atoms with Crippen LogP contribution in [0.25, 0.3) is 11.3 Å². The number of anilines is 1. The number of nitrogens with zero attached hydrogens (tertiary/aromatic N) is 1. The molecule has 4 rings (SSSR count). The molecular weight excluding hydrogens is 466 g/mol. The number of carbonyl (C=O) groups excluding carboxylic acids is 1. The number of hydrogen-bond donors (Lipinski definition) is 1. The SMILES string of the molecule is CC.CC1CC1.CC=Bc1cc(C)oc1-c1cc(F)c(N2CCC(CNC(=O)OC(C)(C)C)C2)cc1C. The van der Waals surface area contributed by atoms with Crippen molar-refractivity contribution in [3.05, 3.63) is 35.3 Å². The Morgan fingerprint density at radius 2 is 1.86 bits per heavy atom. The zero-order valence-electron chi connectivity index (χ0n) is 24.3. The predicted octanol–water partition coefficient (Wildman–Crippen LogP) is 6.65. The van der Waals surface area contributed by atoms with Crippen LogP contribution in [0.4, 0.5) is 14.9 Å². The fraction of sp³-hybridized carbons (Fsp3) is 0.600. The minimum absolute atomic E-state index is 0.251. The number of benzene rings is 1. The topological polar surface area (TPSA) is 54.7 Å². The van der Waals surface area contributed by atoms with Gasteiger partial charge in [0.25, 0.3) is 0 Å². The molecule has 1 unspecified atom stereocenters. The molecule has 1 atom stereocenters. The Morgan fingerprint density at radius 1 is 1.22 bits per heavy atom. The van der Waals surface area contributed by atoms with E-state index < -0.39 is 11.7 Å². The number of carbonyl (C=O) groups is 1.